The van der Waals surface area contributed by atoms with Gasteiger partial charge in [-0.2, -0.15) is 0 Å². The molecule has 0 bridgehead atoms. The van der Waals surface area contributed by atoms with Crippen molar-refractivity contribution in [1.29, 1.82) is 0 Å². The highest BCUT2D eigenvalue weighted by Gasteiger charge is 2.25. The molecule has 118 valence electrons. The van der Waals surface area contributed by atoms with Crippen LogP contribution in [-0.2, 0) is 10.2 Å². The van der Waals surface area contributed by atoms with Gasteiger partial charge in [0.2, 0.25) is 0 Å². The maximum absolute atomic E-state index is 11.7. The molecule has 0 spiro atoms. The van der Waals surface area contributed by atoms with Gasteiger partial charge in [0, 0.05) is 17.6 Å². The van der Waals surface area contributed by atoms with Gasteiger partial charge >= 0.3 is 0 Å². The fourth-order valence-corrected chi connectivity index (χ4v) is 3.09. The van der Waals surface area contributed by atoms with Crippen LogP contribution in [0.2, 0.25) is 0 Å². The van der Waals surface area contributed by atoms with Crippen molar-refractivity contribution in [3.63, 3.8) is 0 Å². The van der Waals surface area contributed by atoms with E-state index < -0.39 is 0 Å². The van der Waals surface area contributed by atoms with E-state index in [1.54, 1.807) is 6.08 Å². The number of rotatable bonds is 2. The van der Waals surface area contributed by atoms with Crippen molar-refractivity contribution in [2.24, 2.45) is 0 Å². The molecule has 2 heterocycles. The molecule has 1 aliphatic rings. The van der Waals surface area contributed by atoms with Crippen LogP contribution in [0.3, 0.4) is 0 Å². The van der Waals surface area contributed by atoms with Gasteiger partial charge in [0.15, 0.2) is 0 Å². The van der Waals surface area contributed by atoms with E-state index in [9.17, 15) is 9.59 Å². The highest BCUT2D eigenvalue weighted by atomic mass is 32.2. The highest BCUT2D eigenvalue weighted by Crippen LogP contribution is 2.27. The molecular weight excluding hydrogens is 308 g/mol. The SMILES string of the molecule is CC(C)(C)c1ccc(-n2cccc2/C=C2\SC(=O)NC2=O)cc1. The van der Waals surface area contributed by atoms with Gasteiger partial charge in [-0.1, -0.05) is 32.9 Å². The number of carbonyl (C=O) groups is 2. The standard InChI is InChI=1S/C18H18N2O2S/c1-18(2,3)12-6-8-13(9-7-12)20-10-4-5-14(20)11-15-16(21)19-17(22)23-15/h4-11H,1-3H3,(H,19,21,22)/b15-11-. The fourth-order valence-electron chi connectivity index (χ4n) is 2.42. The minimum absolute atomic E-state index is 0.110. The van der Waals surface area contributed by atoms with Crippen LogP contribution in [0.5, 0.6) is 0 Å². The molecule has 1 saturated heterocycles. The van der Waals surface area contributed by atoms with E-state index in [1.807, 2.05) is 22.9 Å². The topological polar surface area (TPSA) is 51.1 Å². The second-order valence-electron chi connectivity index (χ2n) is 6.45. The van der Waals surface area contributed by atoms with E-state index in [0.29, 0.717) is 4.91 Å². The van der Waals surface area contributed by atoms with E-state index in [1.165, 1.54) is 5.56 Å². The Bertz CT molecular complexity index is 795. The Morgan fingerprint density at radius 3 is 2.35 bits per heavy atom. The lowest BCUT2D eigenvalue weighted by atomic mass is 9.87. The van der Waals surface area contributed by atoms with Gasteiger partial charge in [-0.3, -0.25) is 14.9 Å². The minimum atomic E-state index is -0.337. The molecule has 2 aromatic rings. The fraction of sp³-hybridized carbons (Fsp3) is 0.222. The van der Waals surface area contributed by atoms with Crippen LogP contribution in [-0.4, -0.2) is 15.7 Å². The molecule has 0 atom stereocenters. The summed E-state index contributed by atoms with van der Waals surface area (Å²) < 4.78 is 2.00. The van der Waals surface area contributed by atoms with Gasteiger partial charge in [0.25, 0.3) is 11.1 Å². The molecule has 1 fully saturated rings. The number of imide groups is 1. The Labute approximate surface area is 139 Å². The zero-order valence-electron chi connectivity index (χ0n) is 13.3. The summed E-state index contributed by atoms with van der Waals surface area (Å²) in [6, 6.07) is 12.2. The van der Waals surface area contributed by atoms with E-state index >= 15 is 0 Å². The number of amides is 2. The monoisotopic (exact) mass is 326 g/mol. The predicted molar refractivity (Wildman–Crippen MR) is 93.6 cm³/mol. The first-order chi connectivity index (χ1) is 10.8. The third-order valence-corrected chi connectivity index (χ3v) is 4.52. The first kappa shape index (κ1) is 15.6. The molecule has 0 saturated carbocycles. The molecule has 1 N–H and O–H groups in total. The normalized spacial score (nSPS) is 16.9. The number of nitrogens with zero attached hydrogens (tertiary/aromatic N) is 1. The summed E-state index contributed by atoms with van der Waals surface area (Å²) in [6.07, 6.45) is 3.68. The Kier molecular flexibility index (Phi) is 3.90. The van der Waals surface area contributed by atoms with Crippen LogP contribution >= 0.6 is 11.8 Å². The maximum Gasteiger partial charge on any atom is 0.290 e. The zero-order chi connectivity index (χ0) is 16.6. The van der Waals surface area contributed by atoms with Gasteiger partial charge in [-0.05, 0) is 53.1 Å². The molecular formula is C18H18N2O2S. The van der Waals surface area contributed by atoms with Crippen molar-refractivity contribution >= 4 is 29.0 Å². The van der Waals surface area contributed by atoms with Gasteiger partial charge < -0.3 is 4.57 Å². The lowest BCUT2D eigenvalue weighted by molar-refractivity contribution is -0.115. The lowest BCUT2D eigenvalue weighted by Crippen LogP contribution is -2.17. The molecule has 5 heteroatoms. The molecule has 1 aromatic carbocycles. The van der Waals surface area contributed by atoms with Crippen LogP contribution in [0.25, 0.3) is 11.8 Å². The number of nitrogens with one attached hydrogen (secondary N) is 1. The second kappa shape index (κ2) is 5.74. The van der Waals surface area contributed by atoms with Crippen LogP contribution in [0.4, 0.5) is 4.79 Å². The van der Waals surface area contributed by atoms with E-state index in [-0.39, 0.29) is 16.6 Å². The Morgan fingerprint density at radius 2 is 1.78 bits per heavy atom. The summed E-state index contributed by atoms with van der Waals surface area (Å²) in [5.41, 5.74) is 3.26. The summed E-state index contributed by atoms with van der Waals surface area (Å²) in [6.45, 7) is 6.54. The van der Waals surface area contributed by atoms with Crippen molar-refractivity contribution < 1.29 is 9.59 Å². The third kappa shape index (κ3) is 3.24. The number of thioether (sulfide) groups is 1. The first-order valence-electron chi connectivity index (χ1n) is 7.38. The number of hydrogen-bond acceptors (Lipinski definition) is 3. The summed E-state index contributed by atoms with van der Waals surface area (Å²) >= 11 is 0.930. The predicted octanol–water partition coefficient (Wildman–Crippen LogP) is 4.10. The summed E-state index contributed by atoms with van der Waals surface area (Å²) in [4.78, 5) is 23.4. The maximum atomic E-state index is 11.7. The van der Waals surface area contributed by atoms with Crippen LogP contribution < -0.4 is 5.32 Å². The Balaban J connectivity index is 1.94. The summed E-state index contributed by atoms with van der Waals surface area (Å²) in [5.74, 6) is -0.337. The van der Waals surface area contributed by atoms with Crippen LogP contribution in [0.15, 0.2) is 47.5 Å². The molecule has 1 aromatic heterocycles. The Hall–Kier alpha value is -2.27. The van der Waals surface area contributed by atoms with E-state index in [2.05, 4.69) is 50.4 Å². The molecule has 3 rings (SSSR count). The average Bonchev–Trinajstić information content (AvgIpc) is 3.05. The third-order valence-electron chi connectivity index (χ3n) is 3.71. The van der Waals surface area contributed by atoms with Gasteiger partial charge in [0.1, 0.15) is 0 Å². The lowest BCUT2D eigenvalue weighted by Gasteiger charge is -2.19. The summed E-state index contributed by atoms with van der Waals surface area (Å²) in [7, 11) is 0. The molecule has 0 aliphatic carbocycles. The average molecular weight is 326 g/mol. The Morgan fingerprint density at radius 1 is 1.09 bits per heavy atom. The number of benzene rings is 1. The number of aromatic nitrogens is 1. The molecule has 0 radical (unpaired) electrons. The molecule has 1 aliphatic heterocycles. The highest BCUT2D eigenvalue weighted by molar-refractivity contribution is 8.18. The molecule has 4 nitrogen and oxygen atoms in total. The van der Waals surface area contributed by atoms with Crippen LogP contribution in [0, 0.1) is 0 Å². The summed E-state index contributed by atoms with van der Waals surface area (Å²) in [5, 5.41) is 1.95. The first-order valence-corrected chi connectivity index (χ1v) is 8.19. The van der Waals surface area contributed by atoms with Crippen molar-refractivity contribution in [2.75, 3.05) is 0 Å². The van der Waals surface area contributed by atoms with Gasteiger partial charge in [-0.25, -0.2) is 0 Å². The molecule has 2 amide bonds. The smallest absolute Gasteiger partial charge is 0.290 e. The van der Waals surface area contributed by atoms with Gasteiger partial charge in [0.05, 0.1) is 4.91 Å². The van der Waals surface area contributed by atoms with Crippen molar-refractivity contribution in [3.8, 4) is 5.69 Å². The van der Waals surface area contributed by atoms with Crippen molar-refractivity contribution in [2.45, 2.75) is 26.2 Å². The second-order valence-corrected chi connectivity index (χ2v) is 7.47. The van der Waals surface area contributed by atoms with Crippen molar-refractivity contribution in [3.05, 3.63) is 58.8 Å². The minimum Gasteiger partial charge on any atom is -0.317 e. The number of carbonyl (C=O) groups excluding carboxylic acids is 2. The molecule has 23 heavy (non-hydrogen) atoms. The van der Waals surface area contributed by atoms with E-state index in [0.717, 1.165) is 23.1 Å². The number of hydrogen-bond donors (Lipinski definition) is 1. The molecule has 0 unspecified atom stereocenters. The van der Waals surface area contributed by atoms with E-state index in [4.69, 9.17) is 0 Å². The largest absolute Gasteiger partial charge is 0.317 e. The zero-order valence-corrected chi connectivity index (χ0v) is 14.1. The quantitative estimate of drug-likeness (QED) is 0.845. The van der Waals surface area contributed by atoms with Crippen LogP contribution in [0.1, 0.15) is 32.0 Å². The van der Waals surface area contributed by atoms with Crippen molar-refractivity contribution in [1.82, 2.24) is 9.88 Å². The van der Waals surface area contributed by atoms with Gasteiger partial charge in [-0.15, -0.1) is 0 Å².